The van der Waals surface area contributed by atoms with Crippen molar-refractivity contribution >= 4 is 11.6 Å². The summed E-state index contributed by atoms with van der Waals surface area (Å²) >= 11 is 5.76. The summed E-state index contributed by atoms with van der Waals surface area (Å²) < 4.78 is 42.0. The molecule has 0 saturated carbocycles. The molecule has 0 heterocycles. The molecule has 0 aliphatic heterocycles. The highest BCUT2D eigenvalue weighted by molar-refractivity contribution is 6.32. The second-order valence-electron chi connectivity index (χ2n) is 3.80. The van der Waals surface area contributed by atoms with E-state index in [-0.39, 0.29) is 16.7 Å². The molecule has 1 aromatic carbocycles. The summed E-state index contributed by atoms with van der Waals surface area (Å²) in [5.74, 6) is 0.291. The maximum absolute atomic E-state index is 12.3. The lowest BCUT2D eigenvalue weighted by Crippen LogP contribution is -2.20. The van der Waals surface area contributed by atoms with Crippen LogP contribution in [-0.4, -0.2) is 17.4 Å². The van der Waals surface area contributed by atoms with Crippen molar-refractivity contribution in [3.63, 3.8) is 0 Å². The summed E-state index contributed by atoms with van der Waals surface area (Å²) in [5.41, 5.74) is -0.307. The van der Waals surface area contributed by atoms with E-state index in [2.05, 4.69) is 0 Å². The molecule has 2 nitrogen and oxygen atoms in total. The summed E-state index contributed by atoms with van der Waals surface area (Å²) in [6.45, 7) is 3.55. The standard InChI is InChI=1S/C11H12ClF3O2/c1-6(2)17-9-4-3-7(5-8(9)12)10(16)11(13,14)15/h3-6,10,16H,1-2H3. The Labute approximate surface area is 102 Å². The topological polar surface area (TPSA) is 29.5 Å². The van der Waals surface area contributed by atoms with Crippen LogP contribution in [-0.2, 0) is 0 Å². The van der Waals surface area contributed by atoms with Crippen LogP contribution in [0.1, 0.15) is 25.5 Å². The first-order chi connectivity index (χ1) is 7.71. The summed E-state index contributed by atoms with van der Waals surface area (Å²) in [6.07, 6.45) is -7.37. The average molecular weight is 269 g/mol. The van der Waals surface area contributed by atoms with Gasteiger partial charge in [-0.3, -0.25) is 0 Å². The monoisotopic (exact) mass is 268 g/mol. The molecule has 1 N–H and O–H groups in total. The molecule has 6 heteroatoms. The number of hydrogen-bond donors (Lipinski definition) is 1. The fraction of sp³-hybridized carbons (Fsp3) is 0.455. The molecule has 1 rings (SSSR count). The molecular weight excluding hydrogens is 257 g/mol. The van der Waals surface area contributed by atoms with Crippen LogP contribution in [0.5, 0.6) is 5.75 Å². The van der Waals surface area contributed by atoms with Gasteiger partial charge in [-0.25, -0.2) is 0 Å². The summed E-state index contributed by atoms with van der Waals surface area (Å²) in [6, 6.07) is 3.51. The van der Waals surface area contributed by atoms with Crippen LogP contribution >= 0.6 is 11.6 Å². The first kappa shape index (κ1) is 14.1. The van der Waals surface area contributed by atoms with Crippen molar-refractivity contribution in [3.8, 4) is 5.75 Å². The number of benzene rings is 1. The van der Waals surface area contributed by atoms with Gasteiger partial charge in [0.05, 0.1) is 11.1 Å². The van der Waals surface area contributed by atoms with Crippen LogP contribution in [0, 0.1) is 0 Å². The van der Waals surface area contributed by atoms with E-state index in [1.165, 1.54) is 6.07 Å². The van der Waals surface area contributed by atoms with E-state index in [4.69, 9.17) is 21.4 Å². The first-order valence-corrected chi connectivity index (χ1v) is 5.30. The molecule has 0 radical (unpaired) electrons. The van der Waals surface area contributed by atoms with Crippen molar-refractivity contribution in [3.05, 3.63) is 28.8 Å². The van der Waals surface area contributed by atoms with E-state index < -0.39 is 12.3 Å². The lowest BCUT2D eigenvalue weighted by atomic mass is 10.1. The zero-order valence-electron chi connectivity index (χ0n) is 9.25. The van der Waals surface area contributed by atoms with E-state index in [0.29, 0.717) is 5.75 Å². The molecule has 0 amide bonds. The van der Waals surface area contributed by atoms with Gasteiger partial charge in [0.25, 0.3) is 0 Å². The number of ether oxygens (including phenoxy) is 1. The lowest BCUT2D eigenvalue weighted by Gasteiger charge is -2.17. The highest BCUT2D eigenvalue weighted by Crippen LogP contribution is 2.35. The van der Waals surface area contributed by atoms with Crippen LogP contribution in [0.3, 0.4) is 0 Å². The number of alkyl halides is 3. The number of aliphatic hydroxyl groups excluding tert-OH is 1. The Hall–Kier alpha value is -0.940. The molecule has 0 aliphatic rings. The van der Waals surface area contributed by atoms with Crippen molar-refractivity contribution in [1.29, 1.82) is 0 Å². The molecule has 0 saturated heterocycles. The lowest BCUT2D eigenvalue weighted by molar-refractivity contribution is -0.206. The Morgan fingerprint density at radius 2 is 1.88 bits per heavy atom. The molecule has 1 aromatic rings. The smallest absolute Gasteiger partial charge is 0.418 e. The normalized spacial score (nSPS) is 13.9. The van der Waals surface area contributed by atoms with Gasteiger partial charge in [0.15, 0.2) is 6.10 Å². The van der Waals surface area contributed by atoms with E-state index in [1.54, 1.807) is 13.8 Å². The third kappa shape index (κ3) is 3.78. The molecule has 96 valence electrons. The van der Waals surface area contributed by atoms with Gasteiger partial charge in [-0.1, -0.05) is 17.7 Å². The summed E-state index contributed by atoms with van der Waals surface area (Å²) in [4.78, 5) is 0. The predicted octanol–water partition coefficient (Wildman–Crippen LogP) is 3.72. The van der Waals surface area contributed by atoms with Crippen LogP contribution < -0.4 is 4.74 Å². The van der Waals surface area contributed by atoms with E-state index in [0.717, 1.165) is 12.1 Å². The maximum atomic E-state index is 12.3. The Kier molecular flexibility index (Phi) is 4.27. The number of halogens is 4. The van der Waals surface area contributed by atoms with Crippen LogP contribution in [0.4, 0.5) is 13.2 Å². The number of aliphatic hydroxyl groups is 1. The van der Waals surface area contributed by atoms with Crippen molar-refractivity contribution in [2.24, 2.45) is 0 Å². The molecular formula is C11H12ClF3O2. The van der Waals surface area contributed by atoms with Gasteiger partial charge in [0, 0.05) is 0 Å². The molecule has 17 heavy (non-hydrogen) atoms. The van der Waals surface area contributed by atoms with Crippen LogP contribution in [0.2, 0.25) is 5.02 Å². The highest BCUT2D eigenvalue weighted by Gasteiger charge is 2.39. The third-order valence-corrected chi connectivity index (χ3v) is 2.24. The van der Waals surface area contributed by atoms with Crippen LogP contribution in [0.15, 0.2) is 18.2 Å². The summed E-state index contributed by atoms with van der Waals surface area (Å²) in [5, 5.41) is 9.07. The molecule has 0 fully saturated rings. The molecule has 0 aromatic heterocycles. The third-order valence-electron chi connectivity index (χ3n) is 1.94. The number of hydrogen-bond acceptors (Lipinski definition) is 2. The van der Waals surface area contributed by atoms with Crippen molar-refractivity contribution < 1.29 is 23.0 Å². The quantitative estimate of drug-likeness (QED) is 0.905. The fourth-order valence-corrected chi connectivity index (χ4v) is 1.46. The van der Waals surface area contributed by atoms with Gasteiger partial charge in [0.1, 0.15) is 5.75 Å². The molecule has 1 atom stereocenters. The predicted molar refractivity (Wildman–Crippen MR) is 58.2 cm³/mol. The van der Waals surface area contributed by atoms with Gasteiger partial charge in [-0.2, -0.15) is 13.2 Å². The second-order valence-corrected chi connectivity index (χ2v) is 4.21. The van der Waals surface area contributed by atoms with Gasteiger partial charge < -0.3 is 9.84 Å². The Bertz CT molecular complexity index is 391. The first-order valence-electron chi connectivity index (χ1n) is 4.92. The van der Waals surface area contributed by atoms with Gasteiger partial charge in [-0.05, 0) is 31.5 Å². The van der Waals surface area contributed by atoms with Crippen LogP contribution in [0.25, 0.3) is 0 Å². The average Bonchev–Trinajstić information content (AvgIpc) is 2.18. The maximum Gasteiger partial charge on any atom is 0.418 e. The van der Waals surface area contributed by atoms with Gasteiger partial charge in [0.2, 0.25) is 0 Å². The van der Waals surface area contributed by atoms with E-state index >= 15 is 0 Å². The summed E-state index contributed by atoms with van der Waals surface area (Å²) in [7, 11) is 0. The Morgan fingerprint density at radius 1 is 1.29 bits per heavy atom. The van der Waals surface area contributed by atoms with E-state index in [1.807, 2.05) is 0 Å². The molecule has 0 bridgehead atoms. The minimum absolute atomic E-state index is 0.0412. The number of rotatable bonds is 3. The van der Waals surface area contributed by atoms with Crippen molar-refractivity contribution in [2.45, 2.75) is 32.2 Å². The largest absolute Gasteiger partial charge is 0.489 e. The zero-order valence-corrected chi connectivity index (χ0v) is 10.0. The minimum atomic E-state index is -4.70. The molecule has 1 unspecified atom stereocenters. The fourth-order valence-electron chi connectivity index (χ4n) is 1.23. The van der Waals surface area contributed by atoms with Gasteiger partial charge in [-0.15, -0.1) is 0 Å². The zero-order chi connectivity index (χ0) is 13.2. The highest BCUT2D eigenvalue weighted by atomic mass is 35.5. The SMILES string of the molecule is CC(C)Oc1ccc(C(O)C(F)(F)F)cc1Cl. The molecule has 0 aliphatic carbocycles. The Balaban J connectivity index is 2.96. The van der Waals surface area contributed by atoms with Gasteiger partial charge >= 0.3 is 6.18 Å². The van der Waals surface area contributed by atoms with Crippen molar-refractivity contribution in [1.82, 2.24) is 0 Å². The Morgan fingerprint density at radius 3 is 2.29 bits per heavy atom. The minimum Gasteiger partial charge on any atom is -0.489 e. The molecule has 0 spiro atoms. The second kappa shape index (κ2) is 5.14. The van der Waals surface area contributed by atoms with Crippen molar-refractivity contribution in [2.75, 3.05) is 0 Å². The van der Waals surface area contributed by atoms with E-state index in [9.17, 15) is 13.2 Å².